The van der Waals surface area contributed by atoms with Crippen LogP contribution in [0.5, 0.6) is 0 Å². The summed E-state index contributed by atoms with van der Waals surface area (Å²) >= 11 is 0. The molecule has 1 saturated heterocycles. The Kier molecular flexibility index (Phi) is 3.94. The Labute approximate surface area is 131 Å². The van der Waals surface area contributed by atoms with Crippen LogP contribution in [0.25, 0.3) is 0 Å². The Morgan fingerprint density at radius 3 is 2.41 bits per heavy atom. The number of carbonyl (C=O) groups excluding carboxylic acids is 1. The van der Waals surface area contributed by atoms with Gasteiger partial charge in [-0.2, -0.15) is 0 Å². The van der Waals surface area contributed by atoms with Crippen LogP contribution < -0.4 is 0 Å². The monoisotopic (exact) mass is 301 g/mol. The molecule has 1 aromatic rings. The number of carboxylic acid groups (broad SMARTS) is 1. The van der Waals surface area contributed by atoms with Gasteiger partial charge in [0.15, 0.2) is 0 Å². The van der Waals surface area contributed by atoms with E-state index >= 15 is 0 Å². The van der Waals surface area contributed by atoms with E-state index in [9.17, 15) is 9.59 Å². The molecule has 1 amide bonds. The highest BCUT2D eigenvalue weighted by Gasteiger charge is 2.40. The molecule has 1 aliphatic carbocycles. The molecular weight excluding hydrogens is 278 g/mol. The lowest BCUT2D eigenvalue weighted by Crippen LogP contribution is -2.33. The fraction of sp³-hybridized carbons (Fsp3) is 0.556. The van der Waals surface area contributed by atoms with Crippen molar-refractivity contribution in [1.82, 2.24) is 4.90 Å². The summed E-state index contributed by atoms with van der Waals surface area (Å²) in [5.74, 6) is -1.00. The summed E-state index contributed by atoms with van der Waals surface area (Å²) in [4.78, 5) is 25.8. The number of amides is 1. The molecule has 2 fully saturated rings. The number of rotatable bonds is 2. The van der Waals surface area contributed by atoms with E-state index in [2.05, 4.69) is 0 Å². The molecule has 22 heavy (non-hydrogen) atoms. The average molecular weight is 301 g/mol. The highest BCUT2D eigenvalue weighted by molar-refractivity contribution is 5.98. The lowest BCUT2D eigenvalue weighted by molar-refractivity contribution is 0.0696. The number of likely N-dealkylation sites (tertiary alicyclic amines) is 1. The summed E-state index contributed by atoms with van der Waals surface area (Å²) in [6.45, 7) is 3.47. The Morgan fingerprint density at radius 1 is 1.05 bits per heavy atom. The van der Waals surface area contributed by atoms with Crippen molar-refractivity contribution in [2.45, 2.75) is 45.4 Å². The molecule has 1 heterocycles. The van der Waals surface area contributed by atoms with Crippen LogP contribution in [0.4, 0.5) is 0 Å². The zero-order chi connectivity index (χ0) is 15.7. The summed E-state index contributed by atoms with van der Waals surface area (Å²) in [6, 6.07) is 4.90. The summed E-state index contributed by atoms with van der Waals surface area (Å²) in [5, 5.41) is 9.15. The minimum atomic E-state index is -0.983. The van der Waals surface area contributed by atoms with Gasteiger partial charge in [0, 0.05) is 18.7 Å². The summed E-state index contributed by atoms with van der Waals surface area (Å²) < 4.78 is 0. The smallest absolute Gasteiger partial charge is 0.335 e. The van der Waals surface area contributed by atoms with Crippen molar-refractivity contribution in [2.75, 3.05) is 13.1 Å². The minimum Gasteiger partial charge on any atom is -0.478 e. The van der Waals surface area contributed by atoms with Crippen LogP contribution in [0.3, 0.4) is 0 Å². The molecule has 4 heteroatoms. The Morgan fingerprint density at radius 2 is 1.73 bits per heavy atom. The molecule has 0 atom stereocenters. The lowest BCUT2D eigenvalue weighted by atomic mass is 9.73. The third kappa shape index (κ3) is 2.87. The van der Waals surface area contributed by atoms with Gasteiger partial charge in [-0.3, -0.25) is 4.79 Å². The summed E-state index contributed by atoms with van der Waals surface area (Å²) in [5.41, 5.74) is 1.84. The first-order valence-corrected chi connectivity index (χ1v) is 8.13. The van der Waals surface area contributed by atoms with Crippen LogP contribution in [-0.4, -0.2) is 35.0 Å². The third-order valence-corrected chi connectivity index (χ3v) is 5.21. The molecule has 1 saturated carbocycles. The number of aryl methyl sites for hydroxylation is 1. The first-order chi connectivity index (χ1) is 10.5. The summed E-state index contributed by atoms with van der Waals surface area (Å²) in [7, 11) is 0. The van der Waals surface area contributed by atoms with Gasteiger partial charge >= 0.3 is 5.97 Å². The fourth-order valence-corrected chi connectivity index (χ4v) is 4.03. The Hall–Kier alpha value is -1.84. The van der Waals surface area contributed by atoms with Crippen LogP contribution in [-0.2, 0) is 0 Å². The second-order valence-corrected chi connectivity index (χ2v) is 6.93. The Balaban J connectivity index is 1.78. The van der Waals surface area contributed by atoms with Gasteiger partial charge in [0.25, 0.3) is 5.91 Å². The maximum Gasteiger partial charge on any atom is 0.335 e. The van der Waals surface area contributed by atoms with E-state index in [1.165, 1.54) is 38.2 Å². The first-order valence-electron chi connectivity index (χ1n) is 8.13. The normalized spacial score (nSPS) is 20.3. The molecule has 2 aliphatic rings. The lowest BCUT2D eigenvalue weighted by Gasteiger charge is -2.33. The van der Waals surface area contributed by atoms with Crippen LogP contribution >= 0.6 is 0 Å². The van der Waals surface area contributed by atoms with Crippen molar-refractivity contribution in [3.8, 4) is 0 Å². The van der Waals surface area contributed by atoms with Gasteiger partial charge in [-0.15, -0.1) is 0 Å². The topological polar surface area (TPSA) is 57.6 Å². The van der Waals surface area contributed by atoms with E-state index in [0.29, 0.717) is 11.0 Å². The maximum atomic E-state index is 12.7. The minimum absolute atomic E-state index is 0.0198. The molecule has 0 unspecified atom stereocenters. The van der Waals surface area contributed by atoms with E-state index in [1.54, 1.807) is 12.1 Å². The van der Waals surface area contributed by atoms with Gasteiger partial charge in [-0.1, -0.05) is 19.3 Å². The van der Waals surface area contributed by atoms with Gasteiger partial charge in [-0.25, -0.2) is 4.79 Å². The van der Waals surface area contributed by atoms with Gasteiger partial charge in [-0.05, 0) is 55.4 Å². The predicted octanol–water partition coefficient (Wildman–Crippen LogP) is 3.49. The summed E-state index contributed by atoms with van der Waals surface area (Å²) in [6.07, 6.45) is 7.41. The van der Waals surface area contributed by atoms with E-state index in [0.717, 1.165) is 25.1 Å². The number of hydrogen-bond acceptors (Lipinski definition) is 2. The number of aromatic carboxylic acids is 1. The molecule has 0 bridgehead atoms. The molecular formula is C18H23NO3. The highest BCUT2D eigenvalue weighted by atomic mass is 16.4. The molecule has 1 spiro atoms. The SMILES string of the molecule is Cc1cc(C(=O)O)cc(C(=O)N2CCC3(CCCCC3)C2)c1. The van der Waals surface area contributed by atoms with Crippen molar-refractivity contribution in [1.29, 1.82) is 0 Å². The molecule has 1 aliphatic heterocycles. The molecule has 118 valence electrons. The third-order valence-electron chi connectivity index (χ3n) is 5.21. The molecule has 0 aromatic heterocycles. The quantitative estimate of drug-likeness (QED) is 0.909. The number of carboxylic acids is 1. The standard InChI is InChI=1S/C18H23NO3/c1-13-9-14(11-15(10-13)17(21)22)16(20)19-8-7-18(12-19)5-3-2-4-6-18/h9-11H,2-8,12H2,1H3,(H,21,22). The molecule has 3 rings (SSSR count). The molecule has 0 radical (unpaired) electrons. The van der Waals surface area contributed by atoms with Gasteiger partial charge < -0.3 is 10.0 Å². The van der Waals surface area contributed by atoms with Crippen molar-refractivity contribution in [2.24, 2.45) is 5.41 Å². The average Bonchev–Trinajstić information content (AvgIpc) is 2.90. The van der Waals surface area contributed by atoms with Crippen LogP contribution in [0.1, 0.15) is 64.8 Å². The van der Waals surface area contributed by atoms with E-state index in [-0.39, 0.29) is 11.5 Å². The number of hydrogen-bond donors (Lipinski definition) is 1. The maximum absolute atomic E-state index is 12.7. The number of carbonyl (C=O) groups is 2. The molecule has 1 N–H and O–H groups in total. The number of benzene rings is 1. The first kappa shape index (κ1) is 15.1. The van der Waals surface area contributed by atoms with E-state index < -0.39 is 5.97 Å². The van der Waals surface area contributed by atoms with E-state index in [4.69, 9.17) is 5.11 Å². The van der Waals surface area contributed by atoms with Gasteiger partial charge in [0.05, 0.1) is 5.56 Å². The van der Waals surface area contributed by atoms with Crippen molar-refractivity contribution < 1.29 is 14.7 Å². The predicted molar refractivity (Wildman–Crippen MR) is 84.2 cm³/mol. The van der Waals surface area contributed by atoms with Crippen molar-refractivity contribution in [3.05, 3.63) is 34.9 Å². The van der Waals surface area contributed by atoms with Gasteiger partial charge in [0.1, 0.15) is 0 Å². The van der Waals surface area contributed by atoms with Crippen molar-refractivity contribution >= 4 is 11.9 Å². The second-order valence-electron chi connectivity index (χ2n) is 6.93. The number of nitrogens with zero attached hydrogens (tertiary/aromatic N) is 1. The van der Waals surface area contributed by atoms with Crippen LogP contribution in [0.2, 0.25) is 0 Å². The molecule has 4 nitrogen and oxygen atoms in total. The van der Waals surface area contributed by atoms with Gasteiger partial charge in [0.2, 0.25) is 0 Å². The fourth-order valence-electron chi connectivity index (χ4n) is 4.03. The highest BCUT2D eigenvalue weighted by Crippen LogP contribution is 2.43. The molecule has 1 aromatic carbocycles. The van der Waals surface area contributed by atoms with Crippen LogP contribution in [0, 0.1) is 12.3 Å². The zero-order valence-electron chi connectivity index (χ0n) is 13.1. The zero-order valence-corrected chi connectivity index (χ0v) is 13.1. The largest absolute Gasteiger partial charge is 0.478 e. The van der Waals surface area contributed by atoms with E-state index in [1.807, 2.05) is 11.8 Å². The Bertz CT molecular complexity index is 602. The second kappa shape index (κ2) is 5.75. The van der Waals surface area contributed by atoms with Crippen LogP contribution in [0.15, 0.2) is 18.2 Å². The van der Waals surface area contributed by atoms with Crippen molar-refractivity contribution in [3.63, 3.8) is 0 Å².